The van der Waals surface area contributed by atoms with Gasteiger partial charge in [-0.25, -0.2) is 0 Å². The molecule has 0 aliphatic rings. The zero-order valence-electron chi connectivity index (χ0n) is 11.4. The van der Waals surface area contributed by atoms with Crippen LogP contribution in [0.3, 0.4) is 0 Å². The molecule has 0 amide bonds. The number of benzene rings is 1. The molecule has 1 aromatic carbocycles. The zero-order valence-corrected chi connectivity index (χ0v) is 13.8. The summed E-state index contributed by atoms with van der Waals surface area (Å²) in [5, 5.41) is 0. The molecule has 0 aliphatic heterocycles. The third kappa shape index (κ3) is 7.19. The predicted octanol–water partition coefficient (Wildman–Crippen LogP) is 5.62. The van der Waals surface area contributed by atoms with Crippen LogP contribution in [0.4, 0.5) is 0 Å². The second-order valence-electron chi connectivity index (χ2n) is 4.60. The van der Waals surface area contributed by atoms with Crippen molar-refractivity contribution in [2.45, 2.75) is 39.2 Å². The van der Waals surface area contributed by atoms with Crippen LogP contribution in [-0.4, -0.2) is 17.3 Å². The highest BCUT2D eigenvalue weighted by Gasteiger charge is 2.15. The summed E-state index contributed by atoms with van der Waals surface area (Å²) in [6, 6.07) is 10.5. The van der Waals surface area contributed by atoms with E-state index in [1.807, 2.05) is 30.3 Å². The molecule has 0 saturated heterocycles. The van der Waals surface area contributed by atoms with Gasteiger partial charge in [-0.05, 0) is 38.8 Å². The van der Waals surface area contributed by atoms with E-state index in [1.165, 1.54) is 0 Å². The van der Waals surface area contributed by atoms with Crippen molar-refractivity contribution in [2.75, 3.05) is 6.54 Å². The minimum atomic E-state index is -1.02. The topological polar surface area (TPSA) is 3.24 Å². The van der Waals surface area contributed by atoms with Gasteiger partial charge in [-0.3, -0.25) is 4.67 Å². The first-order chi connectivity index (χ1) is 9.11. The average Bonchev–Trinajstić information content (AvgIpc) is 2.38. The Morgan fingerprint density at radius 1 is 1.16 bits per heavy atom. The van der Waals surface area contributed by atoms with E-state index in [9.17, 15) is 0 Å². The maximum atomic E-state index is 5.99. The minimum absolute atomic E-state index is 0.400. The fraction of sp³-hybridized carbons (Fsp3) is 0.467. The Hall–Kier alpha value is -0.250. The molecule has 0 aliphatic carbocycles. The van der Waals surface area contributed by atoms with Gasteiger partial charge in [0.2, 0.25) is 0 Å². The van der Waals surface area contributed by atoms with Crippen LogP contribution >= 0.6 is 29.3 Å². The van der Waals surface area contributed by atoms with Gasteiger partial charge in [-0.15, -0.1) is 0 Å². The average molecular weight is 316 g/mol. The second kappa shape index (κ2) is 9.62. The lowest BCUT2D eigenvalue weighted by atomic mass is 10.2. The van der Waals surface area contributed by atoms with E-state index < -0.39 is 6.78 Å². The lowest BCUT2D eigenvalue weighted by molar-refractivity contribution is 0.381. The van der Waals surface area contributed by atoms with Crippen LogP contribution < -0.4 is 0 Å². The van der Waals surface area contributed by atoms with Crippen LogP contribution in [-0.2, 0) is 0 Å². The monoisotopic (exact) mass is 315 g/mol. The van der Waals surface area contributed by atoms with Crippen molar-refractivity contribution in [2.24, 2.45) is 0 Å². The first-order valence-corrected chi connectivity index (χ1v) is 9.64. The van der Waals surface area contributed by atoms with Crippen LogP contribution in [0.1, 0.15) is 38.7 Å². The molecule has 0 atom stereocenters. The third-order valence-electron chi connectivity index (χ3n) is 2.74. The van der Waals surface area contributed by atoms with Gasteiger partial charge in [-0.2, -0.15) is 0 Å². The summed E-state index contributed by atoms with van der Waals surface area (Å²) in [6.45, 7) is 4.17. The fourth-order valence-electron chi connectivity index (χ4n) is 1.68. The molecule has 19 heavy (non-hydrogen) atoms. The molecular formula is C15H20Cl2NP. The molecule has 0 N–H and O–H groups in total. The molecule has 0 bridgehead atoms. The molecule has 0 aromatic heterocycles. The Morgan fingerprint density at radius 3 is 2.42 bits per heavy atom. The quantitative estimate of drug-likeness (QED) is 0.374. The SMILES string of the molecule is CC(C)N(CCCCC#Cc1ccccc1)P(Cl)Cl. The van der Waals surface area contributed by atoms with Gasteiger partial charge in [0.15, 0.2) is 6.78 Å². The standard InChI is InChI=1S/C15H20Cl2NP/c1-14(2)18(19(16)17)13-9-4-3-6-10-15-11-7-5-8-12-15/h5,7-8,11-12,14H,3-4,9,13H2,1-2H3. The second-order valence-corrected chi connectivity index (χ2v) is 7.98. The summed E-state index contributed by atoms with van der Waals surface area (Å²) in [7, 11) is 0. The zero-order chi connectivity index (χ0) is 14.1. The Labute approximate surface area is 127 Å². The summed E-state index contributed by atoms with van der Waals surface area (Å²) in [5.41, 5.74) is 1.08. The number of nitrogens with zero attached hydrogens (tertiary/aromatic N) is 1. The smallest absolute Gasteiger partial charge is 0.160 e. The van der Waals surface area contributed by atoms with Gasteiger partial charge in [0, 0.05) is 24.6 Å². The molecular weight excluding hydrogens is 296 g/mol. The molecule has 1 aromatic rings. The summed E-state index contributed by atoms with van der Waals surface area (Å²) in [6.07, 6.45) is 3.09. The lowest BCUT2D eigenvalue weighted by Gasteiger charge is -2.26. The largest absolute Gasteiger partial charge is 0.255 e. The van der Waals surface area contributed by atoms with E-state index in [1.54, 1.807) is 0 Å². The number of halogens is 2. The van der Waals surface area contributed by atoms with E-state index in [0.717, 1.165) is 31.4 Å². The van der Waals surface area contributed by atoms with Gasteiger partial charge in [0.1, 0.15) is 0 Å². The van der Waals surface area contributed by atoms with Gasteiger partial charge in [0.25, 0.3) is 0 Å². The number of hydrogen-bond acceptors (Lipinski definition) is 1. The molecule has 1 rings (SSSR count). The minimum Gasteiger partial charge on any atom is -0.255 e. The van der Waals surface area contributed by atoms with Gasteiger partial charge >= 0.3 is 0 Å². The Bertz CT molecular complexity index is 401. The van der Waals surface area contributed by atoms with Crippen LogP contribution in [0, 0.1) is 11.8 Å². The van der Waals surface area contributed by atoms with E-state index in [4.69, 9.17) is 22.5 Å². The highest BCUT2D eigenvalue weighted by atomic mass is 35.9. The Kier molecular flexibility index (Phi) is 8.51. The van der Waals surface area contributed by atoms with Gasteiger partial charge in [0.05, 0.1) is 0 Å². The number of hydrogen-bond donors (Lipinski definition) is 0. The van der Waals surface area contributed by atoms with Gasteiger partial charge in [-0.1, -0.05) is 52.5 Å². The molecule has 104 valence electrons. The highest BCUT2D eigenvalue weighted by Crippen LogP contribution is 2.51. The molecule has 0 saturated carbocycles. The summed E-state index contributed by atoms with van der Waals surface area (Å²) in [5.74, 6) is 6.37. The third-order valence-corrected chi connectivity index (χ3v) is 4.95. The van der Waals surface area contributed by atoms with Crippen LogP contribution in [0.15, 0.2) is 30.3 Å². The molecule has 0 unspecified atom stereocenters. The van der Waals surface area contributed by atoms with Crippen molar-refractivity contribution in [1.82, 2.24) is 4.67 Å². The van der Waals surface area contributed by atoms with Crippen molar-refractivity contribution in [1.29, 1.82) is 0 Å². The van der Waals surface area contributed by atoms with Crippen LogP contribution in [0.25, 0.3) is 0 Å². The van der Waals surface area contributed by atoms with Crippen molar-refractivity contribution in [3.63, 3.8) is 0 Å². The fourth-order valence-corrected chi connectivity index (χ4v) is 3.82. The molecule has 4 heteroatoms. The normalized spacial score (nSPS) is 10.9. The van der Waals surface area contributed by atoms with Crippen molar-refractivity contribution >= 4 is 29.3 Å². The summed E-state index contributed by atoms with van der Waals surface area (Å²) in [4.78, 5) is 0. The maximum Gasteiger partial charge on any atom is 0.160 e. The molecule has 0 fully saturated rings. The molecule has 0 spiro atoms. The highest BCUT2D eigenvalue weighted by molar-refractivity contribution is 8.02. The van der Waals surface area contributed by atoms with E-state index >= 15 is 0 Å². The van der Waals surface area contributed by atoms with Crippen molar-refractivity contribution in [3.8, 4) is 11.8 Å². The van der Waals surface area contributed by atoms with E-state index in [0.29, 0.717) is 6.04 Å². The summed E-state index contributed by atoms with van der Waals surface area (Å²) < 4.78 is 2.14. The Morgan fingerprint density at radius 2 is 1.84 bits per heavy atom. The van der Waals surface area contributed by atoms with Crippen molar-refractivity contribution < 1.29 is 0 Å². The van der Waals surface area contributed by atoms with E-state index in [-0.39, 0.29) is 0 Å². The molecule has 0 heterocycles. The van der Waals surface area contributed by atoms with E-state index in [2.05, 4.69) is 30.4 Å². The number of rotatable bonds is 6. The number of unbranched alkanes of at least 4 members (excludes halogenated alkanes) is 2. The maximum absolute atomic E-state index is 5.99. The molecule has 0 radical (unpaired) electrons. The first-order valence-electron chi connectivity index (χ1n) is 6.53. The van der Waals surface area contributed by atoms with Crippen LogP contribution in [0.2, 0.25) is 0 Å². The summed E-state index contributed by atoms with van der Waals surface area (Å²) >= 11 is 12.0. The van der Waals surface area contributed by atoms with Crippen LogP contribution in [0.5, 0.6) is 0 Å². The van der Waals surface area contributed by atoms with Gasteiger partial charge < -0.3 is 0 Å². The molecule has 1 nitrogen and oxygen atoms in total. The Balaban J connectivity index is 2.23. The predicted molar refractivity (Wildman–Crippen MR) is 87.6 cm³/mol. The van der Waals surface area contributed by atoms with Crippen molar-refractivity contribution in [3.05, 3.63) is 35.9 Å². The first kappa shape index (κ1) is 16.8. The lowest BCUT2D eigenvalue weighted by Crippen LogP contribution is -2.24.